The fourth-order valence-electron chi connectivity index (χ4n) is 4.06. The number of alkyl halides is 3. The molecule has 0 amide bonds. The predicted octanol–water partition coefficient (Wildman–Crippen LogP) is 4.02. The number of benzene rings is 1. The zero-order valence-electron chi connectivity index (χ0n) is 19.8. The Hall–Kier alpha value is -2.56. The largest absolute Gasteiger partial charge is 0.416 e. The zero-order valence-corrected chi connectivity index (χ0v) is 22.3. The highest BCUT2D eigenvalue weighted by Gasteiger charge is 2.35. The minimum atomic E-state index is -4.46. The smallest absolute Gasteiger partial charge is 0.393 e. The van der Waals surface area contributed by atoms with E-state index >= 15 is 0 Å². The Morgan fingerprint density at radius 2 is 2.08 bits per heavy atom. The number of rotatable bonds is 9. The van der Waals surface area contributed by atoms with Crippen LogP contribution in [0.4, 0.5) is 19.0 Å². The molecule has 2 aromatic heterocycles. The summed E-state index contributed by atoms with van der Waals surface area (Å²) in [5.41, 5.74) is -0.567. The Labute approximate surface area is 224 Å². The van der Waals surface area contributed by atoms with E-state index in [-0.39, 0.29) is 36.2 Å². The fraction of sp³-hybridized carbons (Fsp3) is 0.348. The summed E-state index contributed by atoms with van der Waals surface area (Å²) in [6.45, 7) is 1.51. The van der Waals surface area contributed by atoms with Crippen LogP contribution in [0.2, 0.25) is 0 Å². The second-order valence-electron chi connectivity index (χ2n) is 8.69. The number of carbonyl (C=O) groups is 1. The van der Waals surface area contributed by atoms with Crippen molar-refractivity contribution in [3.8, 4) is 0 Å². The summed E-state index contributed by atoms with van der Waals surface area (Å²) in [6, 6.07) is 6.28. The van der Waals surface area contributed by atoms with Gasteiger partial charge in [-0.05, 0) is 44.0 Å². The Bertz CT molecular complexity index is 1430. The first kappa shape index (κ1) is 28.4. The van der Waals surface area contributed by atoms with Crippen LogP contribution in [0.3, 0.4) is 0 Å². The van der Waals surface area contributed by atoms with Crippen molar-refractivity contribution >= 4 is 45.0 Å². The Morgan fingerprint density at radius 1 is 1.32 bits per heavy atom. The molecule has 15 heteroatoms. The van der Waals surface area contributed by atoms with E-state index in [1.165, 1.54) is 29.9 Å². The number of hydrogen-bond donors (Lipinski definition) is 3. The number of aromatic nitrogens is 2. The maximum atomic E-state index is 13.4. The zero-order chi connectivity index (χ0) is 27.7. The van der Waals surface area contributed by atoms with Gasteiger partial charge in [0.2, 0.25) is 5.78 Å². The minimum absolute atomic E-state index is 0.183. The molecular weight excluding hydrogens is 565 g/mol. The molecule has 2 heterocycles. The number of nitrogens with zero attached hydrogens (tertiary/aromatic N) is 2. The lowest BCUT2D eigenvalue weighted by Gasteiger charge is -2.15. The van der Waals surface area contributed by atoms with E-state index in [0.29, 0.717) is 21.1 Å². The second-order valence-corrected chi connectivity index (χ2v) is 12.3. The highest BCUT2D eigenvalue weighted by atomic mass is 32.2. The lowest BCUT2D eigenvalue weighted by atomic mass is 10.1. The number of aryl methyl sites for hydroxylation is 1. The number of ketones is 1. The molecule has 38 heavy (non-hydrogen) atoms. The number of nitrogens with two attached hydrogens (primary N) is 1. The van der Waals surface area contributed by atoms with Crippen molar-refractivity contribution in [3.05, 3.63) is 63.7 Å². The van der Waals surface area contributed by atoms with Crippen LogP contribution in [-0.2, 0) is 20.7 Å². The van der Waals surface area contributed by atoms with Gasteiger partial charge in [0.1, 0.15) is 12.1 Å². The number of aliphatic hydroxyl groups excluding tert-OH is 1. The first-order chi connectivity index (χ1) is 17.8. The van der Waals surface area contributed by atoms with Gasteiger partial charge < -0.3 is 10.4 Å². The SMILES string of the molecule is Cc1sc(C(=O)c2cncnc2N[C@@H]2C[C@H](COS(N)(=O)=O)[C@@H](O)C2)cc1Sc1cccc(C(F)(F)F)c1. The molecule has 204 valence electrons. The highest BCUT2D eigenvalue weighted by Crippen LogP contribution is 2.39. The number of anilines is 1. The van der Waals surface area contributed by atoms with Crippen molar-refractivity contribution in [2.75, 3.05) is 11.9 Å². The topological polar surface area (TPSA) is 144 Å². The monoisotopic (exact) mass is 588 g/mol. The van der Waals surface area contributed by atoms with Crippen LogP contribution in [-0.4, -0.2) is 48.0 Å². The average Bonchev–Trinajstić information content (AvgIpc) is 3.38. The van der Waals surface area contributed by atoms with Crippen molar-refractivity contribution in [3.63, 3.8) is 0 Å². The molecule has 0 radical (unpaired) electrons. The van der Waals surface area contributed by atoms with E-state index in [1.807, 2.05) is 0 Å². The summed E-state index contributed by atoms with van der Waals surface area (Å²) in [7, 11) is -4.14. The average molecular weight is 589 g/mol. The van der Waals surface area contributed by atoms with Gasteiger partial charge in [0.15, 0.2) is 0 Å². The molecule has 0 aliphatic heterocycles. The number of halogens is 3. The van der Waals surface area contributed by atoms with Crippen LogP contribution in [0, 0.1) is 12.8 Å². The number of aliphatic hydroxyl groups is 1. The molecule has 3 aromatic rings. The molecule has 1 saturated carbocycles. The minimum Gasteiger partial charge on any atom is -0.393 e. The van der Waals surface area contributed by atoms with E-state index in [0.717, 1.165) is 28.8 Å². The van der Waals surface area contributed by atoms with Gasteiger partial charge in [0, 0.05) is 32.8 Å². The van der Waals surface area contributed by atoms with Crippen LogP contribution in [0.25, 0.3) is 0 Å². The first-order valence-electron chi connectivity index (χ1n) is 11.2. The van der Waals surface area contributed by atoms with Gasteiger partial charge in [0.25, 0.3) is 0 Å². The van der Waals surface area contributed by atoms with E-state index < -0.39 is 34.1 Å². The van der Waals surface area contributed by atoms with Gasteiger partial charge in [-0.3, -0.25) is 8.98 Å². The van der Waals surface area contributed by atoms with Crippen LogP contribution < -0.4 is 10.5 Å². The van der Waals surface area contributed by atoms with Crippen molar-refractivity contribution in [2.24, 2.45) is 11.1 Å². The third-order valence-electron chi connectivity index (χ3n) is 5.89. The number of hydrogen-bond acceptors (Lipinski definition) is 10. The molecule has 4 N–H and O–H groups in total. The summed E-state index contributed by atoms with van der Waals surface area (Å²) in [5.74, 6) is -0.611. The molecule has 0 saturated heterocycles. The van der Waals surface area contributed by atoms with Gasteiger partial charge in [-0.2, -0.15) is 21.6 Å². The first-order valence-corrected chi connectivity index (χ1v) is 14.3. The van der Waals surface area contributed by atoms with E-state index in [9.17, 15) is 31.5 Å². The second kappa shape index (κ2) is 11.3. The summed E-state index contributed by atoms with van der Waals surface area (Å²) in [5, 5.41) is 18.3. The molecule has 4 rings (SSSR count). The predicted molar refractivity (Wildman–Crippen MR) is 135 cm³/mol. The molecule has 0 unspecified atom stereocenters. The molecule has 3 atom stereocenters. The normalized spacial score (nSPS) is 20.0. The fourth-order valence-corrected chi connectivity index (χ4v) is 6.53. The van der Waals surface area contributed by atoms with Crippen LogP contribution in [0.15, 0.2) is 52.6 Å². The molecule has 0 spiro atoms. The van der Waals surface area contributed by atoms with Gasteiger partial charge in [0.05, 0.1) is 28.7 Å². The van der Waals surface area contributed by atoms with Crippen molar-refractivity contribution in [1.29, 1.82) is 0 Å². The van der Waals surface area contributed by atoms with Crippen molar-refractivity contribution in [2.45, 2.75) is 47.9 Å². The third-order valence-corrected chi connectivity index (χ3v) is 8.66. The third kappa shape index (κ3) is 7.09. The Kier molecular flexibility index (Phi) is 8.44. The molecule has 0 bridgehead atoms. The number of thiophene rings is 1. The molecular formula is C23H23F3N4O5S3. The van der Waals surface area contributed by atoms with Crippen LogP contribution in [0.1, 0.15) is 38.5 Å². The van der Waals surface area contributed by atoms with E-state index in [2.05, 4.69) is 19.5 Å². The van der Waals surface area contributed by atoms with Gasteiger partial charge >= 0.3 is 16.5 Å². The summed E-state index contributed by atoms with van der Waals surface area (Å²) in [4.78, 5) is 23.7. The van der Waals surface area contributed by atoms with E-state index in [1.54, 1.807) is 19.1 Å². The molecule has 1 aromatic carbocycles. The molecule has 9 nitrogen and oxygen atoms in total. The molecule has 1 aliphatic rings. The quantitative estimate of drug-likeness (QED) is 0.316. The highest BCUT2D eigenvalue weighted by molar-refractivity contribution is 7.99. The molecule has 1 fully saturated rings. The lowest BCUT2D eigenvalue weighted by Crippen LogP contribution is -2.24. The summed E-state index contributed by atoms with van der Waals surface area (Å²) < 4.78 is 66.0. The Balaban J connectivity index is 1.49. The summed E-state index contributed by atoms with van der Waals surface area (Å²) in [6.07, 6.45) is -2.05. The maximum Gasteiger partial charge on any atom is 0.416 e. The van der Waals surface area contributed by atoms with E-state index in [4.69, 9.17) is 5.14 Å². The summed E-state index contributed by atoms with van der Waals surface area (Å²) >= 11 is 2.34. The lowest BCUT2D eigenvalue weighted by molar-refractivity contribution is -0.137. The van der Waals surface area contributed by atoms with Crippen molar-refractivity contribution < 1.29 is 35.7 Å². The van der Waals surface area contributed by atoms with Gasteiger partial charge in [-0.15, -0.1) is 11.3 Å². The maximum absolute atomic E-state index is 13.4. The number of carbonyl (C=O) groups excluding carboxylic acids is 1. The number of nitrogens with one attached hydrogen (secondary N) is 1. The van der Waals surface area contributed by atoms with Crippen molar-refractivity contribution in [1.82, 2.24) is 9.97 Å². The molecule has 1 aliphatic carbocycles. The Morgan fingerprint density at radius 3 is 2.79 bits per heavy atom. The standard InChI is InChI=1S/C23H23F3N4O5S3/c1-12-19(37-16-4-2-3-14(6-16)23(24,25)26)8-20(36-12)21(32)17-9-28-11-29-22(17)30-15-5-13(18(31)7-15)10-35-38(27,33)34/h2-4,6,8-9,11,13,15,18,31H,5,7,10H2,1H3,(H2,27,33,34)(H,28,29,30)/t13-,15-,18+/m1/s1. The van der Waals surface area contributed by atoms with Gasteiger partial charge in [-0.1, -0.05) is 17.8 Å². The van der Waals surface area contributed by atoms with Gasteiger partial charge in [-0.25, -0.2) is 15.1 Å². The van der Waals surface area contributed by atoms with Crippen LogP contribution >= 0.6 is 23.1 Å². The van der Waals surface area contributed by atoms with Crippen LogP contribution in [0.5, 0.6) is 0 Å².